The van der Waals surface area contributed by atoms with Crippen molar-refractivity contribution in [3.05, 3.63) is 69.9 Å². The molecule has 3 heterocycles. The highest BCUT2D eigenvalue weighted by Gasteiger charge is 2.37. The van der Waals surface area contributed by atoms with Gasteiger partial charge in [-0.2, -0.15) is 5.26 Å². The smallest absolute Gasteiger partial charge is 0.244 e. The number of thiophene rings is 1. The minimum Gasteiger partial charge on any atom is -0.420 e. The van der Waals surface area contributed by atoms with Crippen LogP contribution in [0.25, 0.3) is 10.6 Å². The Kier molecular flexibility index (Phi) is 3.51. The van der Waals surface area contributed by atoms with Crippen LogP contribution in [0.1, 0.15) is 17.0 Å². The van der Waals surface area contributed by atoms with Gasteiger partial charge in [0.25, 0.3) is 0 Å². The number of nitrogens with two attached hydrogens (primary N) is 1. The van der Waals surface area contributed by atoms with E-state index in [0.717, 1.165) is 23.1 Å². The molecule has 0 bridgehead atoms. The lowest BCUT2D eigenvalue weighted by Gasteiger charge is -2.24. The fraction of sp³-hybridized carbons (Fsp3) is 0.0588. The number of allylic oxidation sites excluding steroid dienone is 1. The Bertz CT molecular complexity index is 1030. The van der Waals surface area contributed by atoms with Crippen molar-refractivity contribution in [2.24, 2.45) is 5.73 Å². The summed E-state index contributed by atoms with van der Waals surface area (Å²) in [6.45, 7) is 0. The lowest BCUT2D eigenvalue weighted by Crippen LogP contribution is -2.21. The highest BCUT2D eigenvalue weighted by atomic mass is 32.1. The molecule has 0 saturated heterocycles. The number of nitrogens with zero attached hydrogens (tertiary/aromatic N) is 2. The Balaban J connectivity index is 2.01. The molecule has 0 radical (unpaired) electrons. The van der Waals surface area contributed by atoms with E-state index in [2.05, 4.69) is 10.2 Å². The van der Waals surface area contributed by atoms with E-state index in [4.69, 9.17) is 10.5 Å². The van der Waals surface area contributed by atoms with Crippen molar-refractivity contribution < 1.29 is 13.5 Å². The Morgan fingerprint density at radius 1 is 1.32 bits per heavy atom. The van der Waals surface area contributed by atoms with Crippen LogP contribution in [0.4, 0.5) is 8.78 Å². The summed E-state index contributed by atoms with van der Waals surface area (Å²) in [5.41, 5.74) is 6.87. The Hall–Kier alpha value is -3.18. The SMILES string of the molecule is N#CC1=C(N)Oc2n[nH]c(-c3cccs3)c2C1c1cc(F)ccc1F. The third kappa shape index (κ3) is 2.37. The van der Waals surface area contributed by atoms with Gasteiger partial charge in [-0.3, -0.25) is 5.10 Å². The zero-order valence-corrected chi connectivity index (χ0v) is 13.4. The topological polar surface area (TPSA) is 87.7 Å². The number of rotatable bonds is 2. The lowest BCUT2D eigenvalue weighted by atomic mass is 9.83. The minimum atomic E-state index is -0.916. The van der Waals surface area contributed by atoms with Gasteiger partial charge in [0.2, 0.25) is 11.8 Å². The molecular formula is C17H10F2N4OS. The van der Waals surface area contributed by atoms with Crippen molar-refractivity contribution in [1.82, 2.24) is 10.2 Å². The maximum absolute atomic E-state index is 14.5. The van der Waals surface area contributed by atoms with Gasteiger partial charge in [0.15, 0.2) is 0 Å². The normalized spacial score (nSPS) is 16.3. The van der Waals surface area contributed by atoms with E-state index >= 15 is 0 Å². The van der Waals surface area contributed by atoms with Crippen molar-refractivity contribution in [2.75, 3.05) is 0 Å². The maximum Gasteiger partial charge on any atom is 0.244 e. The van der Waals surface area contributed by atoms with E-state index in [9.17, 15) is 14.0 Å². The van der Waals surface area contributed by atoms with Crippen LogP contribution in [0.15, 0.2) is 47.2 Å². The standard InChI is InChI=1S/C17H10F2N4OS/c18-8-3-4-11(19)9(6-8)13-10(7-20)16(21)24-17-14(13)15(22-23-17)12-2-1-5-25-12/h1-6,13H,21H2,(H,22,23). The van der Waals surface area contributed by atoms with Crippen LogP contribution in [-0.2, 0) is 0 Å². The Morgan fingerprint density at radius 3 is 2.88 bits per heavy atom. The number of H-pyrrole nitrogens is 1. The van der Waals surface area contributed by atoms with E-state index in [1.807, 2.05) is 23.6 Å². The molecule has 1 aliphatic heterocycles. The molecule has 1 aromatic carbocycles. The van der Waals surface area contributed by atoms with Gasteiger partial charge < -0.3 is 10.5 Å². The van der Waals surface area contributed by atoms with Crippen LogP contribution in [-0.4, -0.2) is 10.2 Å². The molecule has 5 nitrogen and oxygen atoms in total. The van der Waals surface area contributed by atoms with Crippen molar-refractivity contribution >= 4 is 11.3 Å². The fourth-order valence-electron chi connectivity index (χ4n) is 2.90. The Morgan fingerprint density at radius 2 is 2.16 bits per heavy atom. The van der Waals surface area contributed by atoms with Gasteiger partial charge in [-0.25, -0.2) is 8.78 Å². The molecule has 2 aromatic heterocycles. The van der Waals surface area contributed by atoms with Crippen LogP contribution in [0, 0.1) is 23.0 Å². The fourth-order valence-corrected chi connectivity index (χ4v) is 3.63. The number of hydrogen-bond donors (Lipinski definition) is 2. The maximum atomic E-state index is 14.5. The van der Waals surface area contributed by atoms with E-state index in [1.165, 1.54) is 11.3 Å². The summed E-state index contributed by atoms with van der Waals surface area (Å²) >= 11 is 1.44. The number of ether oxygens (including phenoxy) is 1. The molecule has 4 rings (SSSR count). The molecule has 1 unspecified atom stereocenters. The molecule has 3 N–H and O–H groups in total. The number of fused-ring (bicyclic) bond motifs is 1. The van der Waals surface area contributed by atoms with Crippen molar-refractivity contribution in [2.45, 2.75) is 5.92 Å². The quantitative estimate of drug-likeness (QED) is 0.734. The van der Waals surface area contributed by atoms with Gasteiger partial charge in [0, 0.05) is 5.56 Å². The van der Waals surface area contributed by atoms with E-state index in [-0.39, 0.29) is 22.9 Å². The monoisotopic (exact) mass is 356 g/mol. The number of nitriles is 1. The number of aromatic amines is 1. The third-order valence-corrected chi connectivity index (χ3v) is 4.86. The van der Waals surface area contributed by atoms with Crippen LogP contribution in [0.5, 0.6) is 5.88 Å². The van der Waals surface area contributed by atoms with Gasteiger partial charge in [-0.05, 0) is 29.6 Å². The first-order valence-corrected chi connectivity index (χ1v) is 8.12. The second kappa shape index (κ2) is 5.72. The first-order valence-electron chi connectivity index (χ1n) is 7.24. The van der Waals surface area contributed by atoms with Gasteiger partial charge in [-0.15, -0.1) is 16.4 Å². The molecule has 0 amide bonds. The van der Waals surface area contributed by atoms with Gasteiger partial charge >= 0.3 is 0 Å². The molecule has 0 spiro atoms. The summed E-state index contributed by atoms with van der Waals surface area (Å²) in [7, 11) is 0. The molecule has 1 atom stereocenters. The molecule has 8 heteroatoms. The second-order valence-electron chi connectivity index (χ2n) is 5.39. The average molecular weight is 356 g/mol. The Labute approximate surface area is 145 Å². The third-order valence-electron chi connectivity index (χ3n) is 3.98. The summed E-state index contributed by atoms with van der Waals surface area (Å²) < 4.78 is 33.6. The highest BCUT2D eigenvalue weighted by Crippen LogP contribution is 2.46. The van der Waals surface area contributed by atoms with Crippen molar-refractivity contribution in [3.8, 4) is 22.5 Å². The first-order chi connectivity index (χ1) is 12.1. The molecule has 0 saturated carbocycles. The number of hydrogen-bond acceptors (Lipinski definition) is 5. The van der Waals surface area contributed by atoms with Gasteiger partial charge in [0.05, 0.1) is 22.1 Å². The zero-order valence-electron chi connectivity index (χ0n) is 12.6. The number of aromatic nitrogens is 2. The summed E-state index contributed by atoms with van der Waals surface area (Å²) in [5, 5.41) is 18.3. The van der Waals surface area contributed by atoms with Gasteiger partial charge in [-0.1, -0.05) is 6.07 Å². The van der Waals surface area contributed by atoms with E-state index < -0.39 is 17.6 Å². The van der Waals surface area contributed by atoms with Gasteiger partial charge in [0.1, 0.15) is 23.3 Å². The van der Waals surface area contributed by atoms with E-state index in [1.54, 1.807) is 0 Å². The molecular weight excluding hydrogens is 346 g/mol. The minimum absolute atomic E-state index is 0.00301. The summed E-state index contributed by atoms with van der Waals surface area (Å²) in [4.78, 5) is 0.830. The summed E-state index contributed by atoms with van der Waals surface area (Å²) in [5.74, 6) is -2.19. The molecule has 1 aliphatic rings. The number of halogens is 2. The van der Waals surface area contributed by atoms with Crippen LogP contribution in [0.3, 0.4) is 0 Å². The van der Waals surface area contributed by atoms with E-state index in [0.29, 0.717) is 11.3 Å². The van der Waals surface area contributed by atoms with Crippen LogP contribution >= 0.6 is 11.3 Å². The lowest BCUT2D eigenvalue weighted by molar-refractivity contribution is 0.378. The number of nitrogens with one attached hydrogen (secondary N) is 1. The first kappa shape index (κ1) is 15.4. The summed E-state index contributed by atoms with van der Waals surface area (Å²) in [6, 6.07) is 8.76. The molecule has 0 aliphatic carbocycles. The van der Waals surface area contributed by atoms with Crippen molar-refractivity contribution in [1.29, 1.82) is 5.26 Å². The second-order valence-corrected chi connectivity index (χ2v) is 6.33. The molecule has 124 valence electrons. The predicted molar refractivity (Wildman–Crippen MR) is 87.6 cm³/mol. The number of benzene rings is 1. The van der Waals surface area contributed by atoms with Crippen LogP contribution in [0.2, 0.25) is 0 Å². The average Bonchev–Trinajstić information content (AvgIpc) is 3.25. The molecule has 25 heavy (non-hydrogen) atoms. The molecule has 3 aromatic rings. The largest absolute Gasteiger partial charge is 0.420 e. The molecule has 0 fully saturated rings. The zero-order chi connectivity index (χ0) is 17.6. The highest BCUT2D eigenvalue weighted by molar-refractivity contribution is 7.13. The summed E-state index contributed by atoms with van der Waals surface area (Å²) in [6.07, 6.45) is 0. The predicted octanol–water partition coefficient (Wildman–Crippen LogP) is 3.63. The van der Waals surface area contributed by atoms with Crippen LogP contribution < -0.4 is 10.5 Å². The van der Waals surface area contributed by atoms with Crippen molar-refractivity contribution in [3.63, 3.8) is 0 Å².